The number of nitrogens with one attached hydrogen (secondary N) is 1. The number of carboxylic acid groups (broad SMARTS) is 1. The first kappa shape index (κ1) is 20.3. The molecule has 2 rings (SSSR count). The van der Waals surface area contributed by atoms with E-state index in [1.807, 2.05) is 51.1 Å². The fourth-order valence-corrected chi connectivity index (χ4v) is 2.77. The molecule has 6 heteroatoms. The van der Waals surface area contributed by atoms with E-state index in [9.17, 15) is 19.8 Å². The van der Waals surface area contributed by atoms with E-state index in [2.05, 4.69) is 5.32 Å². The predicted molar refractivity (Wildman–Crippen MR) is 102 cm³/mol. The largest absolute Gasteiger partial charge is 0.508 e. The minimum Gasteiger partial charge on any atom is -0.508 e. The number of phenolic OH excluding ortho intramolecular Hbond substituents is 1. The fourth-order valence-electron chi connectivity index (χ4n) is 2.77. The number of aliphatic carboxylic acids is 1. The van der Waals surface area contributed by atoms with E-state index in [4.69, 9.17) is 4.74 Å². The van der Waals surface area contributed by atoms with Crippen molar-refractivity contribution < 1.29 is 24.5 Å². The predicted octanol–water partition coefficient (Wildman–Crippen LogP) is 3.61. The Morgan fingerprint density at radius 1 is 1.11 bits per heavy atom. The number of benzene rings is 2. The van der Waals surface area contributed by atoms with Crippen LogP contribution in [-0.4, -0.2) is 28.3 Å². The zero-order valence-electron chi connectivity index (χ0n) is 15.7. The van der Waals surface area contributed by atoms with Crippen LogP contribution in [0.5, 0.6) is 5.75 Å². The third-order valence-electron chi connectivity index (χ3n) is 4.13. The Bertz CT molecular complexity index is 796. The number of rotatable bonds is 6. The van der Waals surface area contributed by atoms with Crippen molar-refractivity contribution in [3.63, 3.8) is 0 Å². The molecule has 3 N–H and O–H groups in total. The standard InChI is InChI=1S/C21H25NO5/c1-21(2,3)17-12-16(23)10-9-15(17)11-18(19(24)25)22-20(26)27-13-14-7-5-4-6-8-14/h4-10,12,18,23H,11,13H2,1-3H3,(H,22,26)(H,24,25)/t18-/m0/s1. The summed E-state index contributed by atoms with van der Waals surface area (Å²) in [7, 11) is 0. The zero-order chi connectivity index (χ0) is 20.0. The van der Waals surface area contributed by atoms with Crippen molar-refractivity contribution >= 4 is 12.1 Å². The summed E-state index contributed by atoms with van der Waals surface area (Å²) in [5.41, 5.74) is 2.10. The molecule has 0 aliphatic carbocycles. The van der Waals surface area contributed by atoms with Crippen molar-refractivity contribution in [2.24, 2.45) is 0 Å². The summed E-state index contributed by atoms with van der Waals surface area (Å²) in [4.78, 5) is 23.6. The van der Waals surface area contributed by atoms with Gasteiger partial charge in [-0.15, -0.1) is 0 Å². The van der Waals surface area contributed by atoms with Gasteiger partial charge in [0, 0.05) is 6.42 Å². The lowest BCUT2D eigenvalue weighted by Crippen LogP contribution is -2.42. The number of carbonyl (C=O) groups excluding carboxylic acids is 1. The molecule has 0 saturated heterocycles. The molecule has 0 aromatic heterocycles. The number of carbonyl (C=O) groups is 2. The summed E-state index contributed by atoms with van der Waals surface area (Å²) in [6, 6.07) is 12.8. The van der Waals surface area contributed by atoms with Crippen LogP contribution in [0.1, 0.15) is 37.5 Å². The number of alkyl carbamates (subject to hydrolysis) is 1. The highest BCUT2D eigenvalue weighted by Gasteiger charge is 2.25. The summed E-state index contributed by atoms with van der Waals surface area (Å²) in [6.07, 6.45) is -0.704. The molecule has 0 unspecified atom stereocenters. The maximum absolute atomic E-state index is 12.0. The topological polar surface area (TPSA) is 95.9 Å². The minimum atomic E-state index is -1.15. The van der Waals surface area contributed by atoms with Crippen LogP contribution in [0.3, 0.4) is 0 Å². The van der Waals surface area contributed by atoms with Gasteiger partial charge < -0.3 is 20.3 Å². The van der Waals surface area contributed by atoms with Gasteiger partial charge in [-0.2, -0.15) is 0 Å². The molecule has 2 aromatic rings. The van der Waals surface area contributed by atoms with Gasteiger partial charge in [-0.3, -0.25) is 0 Å². The highest BCUT2D eigenvalue weighted by Crippen LogP contribution is 2.29. The van der Waals surface area contributed by atoms with E-state index in [1.165, 1.54) is 6.07 Å². The van der Waals surface area contributed by atoms with E-state index in [1.54, 1.807) is 12.1 Å². The summed E-state index contributed by atoms with van der Waals surface area (Å²) < 4.78 is 5.11. The molecular formula is C21H25NO5. The maximum atomic E-state index is 12.0. The molecule has 1 atom stereocenters. The van der Waals surface area contributed by atoms with Crippen molar-refractivity contribution in [2.75, 3.05) is 0 Å². The van der Waals surface area contributed by atoms with E-state index in [0.29, 0.717) is 0 Å². The lowest BCUT2D eigenvalue weighted by molar-refractivity contribution is -0.139. The average Bonchev–Trinajstić information content (AvgIpc) is 2.60. The summed E-state index contributed by atoms with van der Waals surface area (Å²) in [5, 5.41) is 21.7. The van der Waals surface area contributed by atoms with E-state index in [0.717, 1.165) is 16.7 Å². The Labute approximate surface area is 158 Å². The van der Waals surface area contributed by atoms with Crippen LogP contribution in [0.2, 0.25) is 0 Å². The van der Waals surface area contributed by atoms with Gasteiger partial charge in [-0.1, -0.05) is 57.2 Å². The molecule has 0 aliphatic rings. The van der Waals surface area contributed by atoms with Gasteiger partial charge in [0.2, 0.25) is 0 Å². The van der Waals surface area contributed by atoms with Gasteiger partial charge in [0.1, 0.15) is 18.4 Å². The second kappa shape index (κ2) is 8.58. The van der Waals surface area contributed by atoms with Crippen LogP contribution in [0.15, 0.2) is 48.5 Å². The molecule has 0 fully saturated rings. The normalized spacial score (nSPS) is 12.3. The number of aromatic hydroxyl groups is 1. The van der Waals surface area contributed by atoms with Gasteiger partial charge in [0.15, 0.2) is 0 Å². The second-order valence-corrected chi connectivity index (χ2v) is 7.39. The van der Waals surface area contributed by atoms with E-state index >= 15 is 0 Å². The third-order valence-corrected chi connectivity index (χ3v) is 4.13. The van der Waals surface area contributed by atoms with Gasteiger partial charge >= 0.3 is 12.1 Å². The molecule has 0 saturated carbocycles. The summed E-state index contributed by atoms with van der Waals surface area (Å²) >= 11 is 0. The minimum absolute atomic E-state index is 0.0610. The number of hydrogen-bond acceptors (Lipinski definition) is 4. The Kier molecular flexibility index (Phi) is 6.45. The second-order valence-electron chi connectivity index (χ2n) is 7.39. The quantitative estimate of drug-likeness (QED) is 0.721. The smallest absolute Gasteiger partial charge is 0.408 e. The molecule has 2 aromatic carbocycles. The average molecular weight is 371 g/mol. The van der Waals surface area contributed by atoms with Crippen molar-refractivity contribution in [1.29, 1.82) is 0 Å². The Morgan fingerprint density at radius 3 is 2.37 bits per heavy atom. The van der Waals surface area contributed by atoms with Crippen molar-refractivity contribution in [2.45, 2.75) is 45.3 Å². The lowest BCUT2D eigenvalue weighted by Gasteiger charge is -2.25. The van der Waals surface area contributed by atoms with Crippen LogP contribution in [-0.2, 0) is 28.0 Å². The summed E-state index contributed by atoms with van der Waals surface area (Å²) in [5.74, 6) is -1.04. The van der Waals surface area contributed by atoms with Gasteiger partial charge in [0.05, 0.1) is 0 Å². The fraction of sp³-hybridized carbons (Fsp3) is 0.333. The number of carboxylic acids is 1. The van der Waals surface area contributed by atoms with Crippen LogP contribution in [0.4, 0.5) is 4.79 Å². The van der Waals surface area contributed by atoms with Crippen molar-refractivity contribution in [1.82, 2.24) is 5.32 Å². The number of hydrogen-bond donors (Lipinski definition) is 3. The monoisotopic (exact) mass is 371 g/mol. The SMILES string of the molecule is CC(C)(C)c1cc(O)ccc1C[C@H](NC(=O)OCc1ccccc1)C(=O)O. The Balaban J connectivity index is 2.08. The molecule has 0 heterocycles. The van der Waals surface area contributed by atoms with E-state index in [-0.39, 0.29) is 24.2 Å². The molecule has 0 aliphatic heterocycles. The first-order valence-electron chi connectivity index (χ1n) is 8.69. The molecule has 0 radical (unpaired) electrons. The van der Waals surface area contributed by atoms with Gasteiger partial charge in [0.25, 0.3) is 0 Å². The molecule has 27 heavy (non-hydrogen) atoms. The van der Waals surface area contributed by atoms with E-state index < -0.39 is 18.1 Å². The van der Waals surface area contributed by atoms with Crippen LogP contribution in [0, 0.1) is 0 Å². The third kappa shape index (κ3) is 6.02. The molecule has 1 amide bonds. The van der Waals surface area contributed by atoms with Crippen LogP contribution >= 0.6 is 0 Å². The summed E-state index contributed by atoms with van der Waals surface area (Å²) in [6.45, 7) is 5.99. The molecular weight excluding hydrogens is 346 g/mol. The Morgan fingerprint density at radius 2 is 1.78 bits per heavy atom. The highest BCUT2D eigenvalue weighted by atomic mass is 16.5. The number of ether oxygens (including phenoxy) is 1. The van der Waals surface area contributed by atoms with Crippen LogP contribution < -0.4 is 5.32 Å². The highest BCUT2D eigenvalue weighted by molar-refractivity contribution is 5.80. The zero-order valence-corrected chi connectivity index (χ0v) is 15.7. The van der Waals surface area contributed by atoms with Gasteiger partial charge in [-0.05, 0) is 34.2 Å². The maximum Gasteiger partial charge on any atom is 0.408 e. The van der Waals surface area contributed by atoms with Crippen molar-refractivity contribution in [3.05, 3.63) is 65.2 Å². The van der Waals surface area contributed by atoms with Gasteiger partial charge in [-0.25, -0.2) is 9.59 Å². The molecule has 144 valence electrons. The lowest BCUT2D eigenvalue weighted by atomic mass is 9.82. The van der Waals surface area contributed by atoms with Crippen LogP contribution in [0.25, 0.3) is 0 Å². The molecule has 6 nitrogen and oxygen atoms in total. The first-order valence-corrected chi connectivity index (χ1v) is 8.69. The number of amides is 1. The first-order chi connectivity index (χ1) is 12.7. The molecule has 0 bridgehead atoms. The number of phenols is 1. The molecule has 0 spiro atoms. The van der Waals surface area contributed by atoms with Crippen molar-refractivity contribution in [3.8, 4) is 5.75 Å². The Hall–Kier alpha value is -3.02.